The number of hydrogen-bond acceptors (Lipinski definition) is 2. The highest BCUT2D eigenvalue weighted by molar-refractivity contribution is 5.58. The van der Waals surface area contributed by atoms with Gasteiger partial charge in [-0.3, -0.25) is 0 Å². The lowest BCUT2D eigenvalue weighted by molar-refractivity contribution is 0.165. The number of rotatable bonds is 1. The summed E-state index contributed by atoms with van der Waals surface area (Å²) in [5.41, 5.74) is 4.90. The van der Waals surface area contributed by atoms with Gasteiger partial charge in [0, 0.05) is 18.2 Å². The molecule has 2 N–H and O–H groups in total. The van der Waals surface area contributed by atoms with Crippen LogP contribution in [-0.2, 0) is 6.42 Å². The number of benzene rings is 1. The lowest BCUT2D eigenvalue weighted by Gasteiger charge is -2.15. The molecule has 86 valence electrons. The zero-order chi connectivity index (χ0) is 11.7. The number of fused-ring (bicyclic) bond motifs is 1. The Morgan fingerprint density at radius 3 is 2.88 bits per heavy atom. The van der Waals surface area contributed by atoms with E-state index in [9.17, 15) is 5.11 Å². The Morgan fingerprint density at radius 2 is 2.19 bits per heavy atom. The number of aliphatic hydroxyl groups is 1. The van der Waals surface area contributed by atoms with Crippen LogP contribution >= 0.6 is 0 Å². The Kier molecular flexibility index (Phi) is 3.01. The Morgan fingerprint density at radius 1 is 1.44 bits per heavy atom. The van der Waals surface area contributed by atoms with Crippen LogP contribution in [0.4, 0.5) is 5.69 Å². The molecule has 16 heavy (non-hydrogen) atoms. The number of nitrogens with one attached hydrogen (secondary N) is 1. The van der Waals surface area contributed by atoms with Crippen LogP contribution in [0.25, 0.3) is 0 Å². The normalized spacial score (nSPS) is 24.2. The van der Waals surface area contributed by atoms with E-state index in [-0.39, 0.29) is 12.1 Å². The average Bonchev–Trinajstić information content (AvgIpc) is 2.37. The van der Waals surface area contributed by atoms with Crippen LogP contribution in [0, 0.1) is 13.8 Å². The molecule has 2 atom stereocenters. The van der Waals surface area contributed by atoms with Gasteiger partial charge in [-0.05, 0) is 43.0 Å². The largest absolute Gasteiger partial charge is 0.393 e. The molecule has 0 spiro atoms. The monoisotopic (exact) mass is 217 g/mol. The first-order valence-corrected chi connectivity index (χ1v) is 5.77. The average molecular weight is 217 g/mol. The number of hydrogen-bond donors (Lipinski definition) is 2. The van der Waals surface area contributed by atoms with Crippen molar-refractivity contribution in [3.63, 3.8) is 0 Å². The Labute approximate surface area is 97.0 Å². The zero-order valence-electron chi connectivity index (χ0n) is 9.96. The lowest BCUT2D eigenvalue weighted by Crippen LogP contribution is -2.20. The van der Waals surface area contributed by atoms with Crippen molar-refractivity contribution in [1.29, 1.82) is 0 Å². The van der Waals surface area contributed by atoms with E-state index in [4.69, 9.17) is 0 Å². The standard InChI is InChI=1S/C14H19NO/c1-4-11-7-12(16)8-13-10(3)5-9(2)6-14(13)15-11/h4-6,11-12,15-16H,1,7-8H2,2-3H3/t11-,12+/m1/s1. The molecule has 1 heterocycles. The Hall–Kier alpha value is -1.28. The summed E-state index contributed by atoms with van der Waals surface area (Å²) < 4.78 is 0. The quantitative estimate of drug-likeness (QED) is 0.709. The summed E-state index contributed by atoms with van der Waals surface area (Å²) in [6.45, 7) is 8.01. The molecule has 2 rings (SSSR count). The van der Waals surface area contributed by atoms with E-state index < -0.39 is 0 Å². The second-order valence-corrected chi connectivity index (χ2v) is 4.69. The van der Waals surface area contributed by atoms with Crippen LogP contribution in [0.1, 0.15) is 23.1 Å². The van der Waals surface area contributed by atoms with Gasteiger partial charge >= 0.3 is 0 Å². The molecule has 0 amide bonds. The van der Waals surface area contributed by atoms with Crippen LogP contribution in [0.2, 0.25) is 0 Å². The molecular formula is C14H19NO. The van der Waals surface area contributed by atoms with Gasteiger partial charge in [0.25, 0.3) is 0 Å². The fraction of sp³-hybridized carbons (Fsp3) is 0.429. The molecule has 1 aromatic rings. The number of aliphatic hydroxyl groups excluding tert-OH is 1. The molecule has 0 fully saturated rings. The highest BCUT2D eigenvalue weighted by Crippen LogP contribution is 2.28. The smallest absolute Gasteiger partial charge is 0.0604 e. The van der Waals surface area contributed by atoms with Gasteiger partial charge in [0.05, 0.1) is 6.10 Å². The van der Waals surface area contributed by atoms with Crippen molar-refractivity contribution in [3.05, 3.63) is 41.5 Å². The molecule has 0 saturated carbocycles. The third-order valence-electron chi connectivity index (χ3n) is 3.21. The predicted octanol–water partition coefficient (Wildman–Crippen LogP) is 2.58. The van der Waals surface area contributed by atoms with Crippen LogP contribution in [0.3, 0.4) is 0 Å². The van der Waals surface area contributed by atoms with Crippen molar-refractivity contribution >= 4 is 5.69 Å². The summed E-state index contributed by atoms with van der Waals surface area (Å²) in [6.07, 6.45) is 3.06. The Balaban J connectivity index is 2.45. The van der Waals surface area contributed by atoms with Gasteiger partial charge in [0.1, 0.15) is 0 Å². The minimum Gasteiger partial charge on any atom is -0.393 e. The van der Waals surface area contributed by atoms with Gasteiger partial charge in [0.15, 0.2) is 0 Å². The SMILES string of the molecule is C=C[C@@H]1C[C@H](O)Cc2c(C)cc(C)cc2N1. The van der Waals surface area contributed by atoms with E-state index in [2.05, 4.69) is 37.9 Å². The molecule has 2 nitrogen and oxygen atoms in total. The van der Waals surface area contributed by atoms with E-state index in [0.717, 1.165) is 18.5 Å². The second kappa shape index (κ2) is 4.30. The number of aryl methyl sites for hydroxylation is 2. The summed E-state index contributed by atoms with van der Waals surface area (Å²) in [5.74, 6) is 0. The topological polar surface area (TPSA) is 32.3 Å². The maximum Gasteiger partial charge on any atom is 0.0604 e. The van der Waals surface area contributed by atoms with Gasteiger partial charge in [-0.25, -0.2) is 0 Å². The maximum atomic E-state index is 9.94. The third kappa shape index (κ3) is 2.12. The van der Waals surface area contributed by atoms with Crippen LogP contribution in [-0.4, -0.2) is 17.3 Å². The Bertz CT molecular complexity index is 411. The highest BCUT2D eigenvalue weighted by atomic mass is 16.3. The molecular weight excluding hydrogens is 198 g/mol. The summed E-state index contributed by atoms with van der Waals surface area (Å²) >= 11 is 0. The highest BCUT2D eigenvalue weighted by Gasteiger charge is 2.20. The van der Waals surface area contributed by atoms with Crippen LogP contribution < -0.4 is 5.32 Å². The summed E-state index contributed by atoms with van der Waals surface area (Å²) in [7, 11) is 0. The summed E-state index contributed by atoms with van der Waals surface area (Å²) in [6, 6.07) is 4.48. The molecule has 0 unspecified atom stereocenters. The fourth-order valence-electron chi connectivity index (χ4n) is 2.42. The maximum absolute atomic E-state index is 9.94. The van der Waals surface area contributed by atoms with Crippen molar-refractivity contribution < 1.29 is 5.11 Å². The van der Waals surface area contributed by atoms with Gasteiger partial charge in [-0.2, -0.15) is 0 Å². The van der Waals surface area contributed by atoms with Gasteiger partial charge < -0.3 is 10.4 Å². The molecule has 1 aliphatic heterocycles. The van der Waals surface area contributed by atoms with Gasteiger partial charge in [-0.15, -0.1) is 6.58 Å². The van der Waals surface area contributed by atoms with Crippen molar-refractivity contribution in [3.8, 4) is 0 Å². The molecule has 2 heteroatoms. The first-order valence-electron chi connectivity index (χ1n) is 5.77. The minimum absolute atomic E-state index is 0.164. The van der Waals surface area contributed by atoms with E-state index in [1.807, 2.05) is 6.08 Å². The van der Waals surface area contributed by atoms with Crippen molar-refractivity contribution in [2.24, 2.45) is 0 Å². The first-order chi connectivity index (χ1) is 7.60. The van der Waals surface area contributed by atoms with E-state index in [1.165, 1.54) is 16.7 Å². The molecule has 0 aliphatic carbocycles. The van der Waals surface area contributed by atoms with Crippen LogP contribution in [0.5, 0.6) is 0 Å². The summed E-state index contributed by atoms with van der Waals surface area (Å²) in [4.78, 5) is 0. The van der Waals surface area contributed by atoms with E-state index in [0.29, 0.717) is 0 Å². The van der Waals surface area contributed by atoms with Crippen LogP contribution in [0.15, 0.2) is 24.8 Å². The lowest BCUT2D eigenvalue weighted by atomic mass is 9.98. The van der Waals surface area contributed by atoms with E-state index in [1.54, 1.807) is 0 Å². The molecule has 0 bridgehead atoms. The molecule has 0 radical (unpaired) electrons. The predicted molar refractivity (Wildman–Crippen MR) is 67.9 cm³/mol. The zero-order valence-corrected chi connectivity index (χ0v) is 9.96. The molecule has 1 aromatic carbocycles. The van der Waals surface area contributed by atoms with Gasteiger partial charge in [0.2, 0.25) is 0 Å². The van der Waals surface area contributed by atoms with Crippen molar-refractivity contribution in [2.45, 2.75) is 38.8 Å². The molecule has 0 aromatic heterocycles. The molecule has 1 aliphatic rings. The van der Waals surface area contributed by atoms with Crippen molar-refractivity contribution in [2.75, 3.05) is 5.32 Å². The number of anilines is 1. The van der Waals surface area contributed by atoms with E-state index >= 15 is 0 Å². The minimum atomic E-state index is -0.279. The second-order valence-electron chi connectivity index (χ2n) is 4.69. The first kappa shape index (κ1) is 11.2. The third-order valence-corrected chi connectivity index (χ3v) is 3.21. The summed E-state index contributed by atoms with van der Waals surface area (Å²) in [5, 5.41) is 13.4. The van der Waals surface area contributed by atoms with Gasteiger partial charge in [-0.1, -0.05) is 12.1 Å². The fourth-order valence-corrected chi connectivity index (χ4v) is 2.42. The van der Waals surface area contributed by atoms with Crippen molar-refractivity contribution in [1.82, 2.24) is 0 Å². The molecule has 0 saturated heterocycles.